The molecule has 0 unspecified atom stereocenters. The number of hydrogen-bond acceptors (Lipinski definition) is 2. The van der Waals surface area contributed by atoms with Gasteiger partial charge >= 0.3 is 0 Å². The van der Waals surface area contributed by atoms with Crippen molar-refractivity contribution in [3.8, 4) is 5.75 Å². The summed E-state index contributed by atoms with van der Waals surface area (Å²) in [5.74, 6) is 0.506. The third-order valence-corrected chi connectivity index (χ3v) is 6.02. The van der Waals surface area contributed by atoms with Crippen LogP contribution in [0, 0.1) is 0 Å². The van der Waals surface area contributed by atoms with Crippen LogP contribution in [0.15, 0.2) is 42.7 Å². The first-order valence-corrected chi connectivity index (χ1v) is 12.7. The van der Waals surface area contributed by atoms with E-state index in [1.165, 1.54) is 57.8 Å². The lowest BCUT2D eigenvalue weighted by molar-refractivity contribution is -0.693. The van der Waals surface area contributed by atoms with Crippen molar-refractivity contribution in [1.29, 1.82) is 0 Å². The van der Waals surface area contributed by atoms with Crippen LogP contribution in [0.1, 0.15) is 94.0 Å². The number of pyridine rings is 1. The van der Waals surface area contributed by atoms with Crippen molar-refractivity contribution in [2.75, 3.05) is 6.61 Å². The summed E-state index contributed by atoms with van der Waals surface area (Å²) in [6.45, 7) is 6.43. The van der Waals surface area contributed by atoms with E-state index in [0.717, 1.165) is 18.5 Å². The van der Waals surface area contributed by atoms with E-state index in [2.05, 4.69) is 23.7 Å². The Morgan fingerprint density at radius 1 is 0.909 bits per heavy atom. The third kappa shape index (κ3) is 12.1. The molecule has 4 nitrogen and oxygen atoms in total. The molecule has 0 aliphatic carbocycles. The van der Waals surface area contributed by atoms with E-state index in [1.54, 1.807) is 18.2 Å². The summed E-state index contributed by atoms with van der Waals surface area (Å²) in [5, 5.41) is 3.42. The number of aromatic nitrogens is 1. The van der Waals surface area contributed by atoms with Crippen molar-refractivity contribution < 1.29 is 38.1 Å². The lowest BCUT2D eigenvalue weighted by Gasteiger charge is -2.10. The van der Waals surface area contributed by atoms with Crippen LogP contribution >= 0.6 is 11.6 Å². The molecule has 0 radical (unpaired) electrons. The SMILES string of the molecule is CCCCCCCCCCCCOc1ccc(C(=O)NCc2cc[n+](CC)cc2)cc1Cl.[I-]. The predicted octanol–water partition coefficient (Wildman–Crippen LogP) is 3.88. The highest BCUT2D eigenvalue weighted by Crippen LogP contribution is 2.26. The van der Waals surface area contributed by atoms with Gasteiger partial charge in [0.2, 0.25) is 0 Å². The van der Waals surface area contributed by atoms with Gasteiger partial charge in [-0.2, -0.15) is 0 Å². The molecule has 1 N–H and O–H groups in total. The van der Waals surface area contributed by atoms with Gasteiger partial charge in [0.15, 0.2) is 12.4 Å². The van der Waals surface area contributed by atoms with E-state index in [9.17, 15) is 4.79 Å². The van der Waals surface area contributed by atoms with Crippen LogP contribution in [0.2, 0.25) is 5.02 Å². The zero-order valence-electron chi connectivity index (χ0n) is 20.3. The molecule has 0 fully saturated rings. The smallest absolute Gasteiger partial charge is 0.251 e. The fraction of sp³-hybridized carbons (Fsp3) is 0.556. The largest absolute Gasteiger partial charge is 1.00 e. The van der Waals surface area contributed by atoms with Crippen LogP contribution in [0.25, 0.3) is 0 Å². The maximum absolute atomic E-state index is 12.4. The van der Waals surface area contributed by atoms with Gasteiger partial charge in [0.1, 0.15) is 12.3 Å². The molecule has 1 aromatic carbocycles. The van der Waals surface area contributed by atoms with E-state index < -0.39 is 0 Å². The molecule has 1 aromatic heterocycles. The van der Waals surface area contributed by atoms with Gasteiger partial charge in [-0.05, 0) is 37.1 Å². The molecular weight excluding hydrogens is 547 g/mol. The van der Waals surface area contributed by atoms with Gasteiger partial charge in [-0.1, -0.05) is 76.3 Å². The summed E-state index contributed by atoms with van der Waals surface area (Å²) < 4.78 is 7.91. The number of hydrogen-bond donors (Lipinski definition) is 1. The summed E-state index contributed by atoms with van der Waals surface area (Å²) in [5.41, 5.74) is 1.60. The van der Waals surface area contributed by atoms with E-state index in [4.69, 9.17) is 16.3 Å². The van der Waals surface area contributed by atoms with Crippen molar-refractivity contribution in [3.05, 3.63) is 58.9 Å². The Morgan fingerprint density at radius 3 is 2.09 bits per heavy atom. The highest BCUT2D eigenvalue weighted by Gasteiger charge is 2.10. The number of rotatable bonds is 16. The Hall–Kier alpha value is -1.34. The lowest BCUT2D eigenvalue weighted by Crippen LogP contribution is -3.00. The normalized spacial score (nSPS) is 10.5. The number of amides is 1. The molecule has 6 heteroatoms. The van der Waals surface area contributed by atoms with Gasteiger partial charge < -0.3 is 34.0 Å². The van der Waals surface area contributed by atoms with Crippen molar-refractivity contribution >= 4 is 17.5 Å². The van der Waals surface area contributed by atoms with Crippen LogP contribution < -0.4 is 38.6 Å². The Labute approximate surface area is 222 Å². The highest BCUT2D eigenvalue weighted by atomic mass is 127. The van der Waals surface area contributed by atoms with Crippen molar-refractivity contribution in [1.82, 2.24) is 5.32 Å². The molecule has 2 aromatic rings. The highest BCUT2D eigenvalue weighted by molar-refractivity contribution is 6.32. The fourth-order valence-corrected chi connectivity index (χ4v) is 3.87. The number of nitrogens with zero attached hydrogens (tertiary/aromatic N) is 1. The second kappa shape index (κ2) is 18.0. The number of carbonyl (C=O) groups excluding carboxylic acids is 1. The standard InChI is InChI=1S/C27H39ClN2O2.HI/c1-3-5-6-7-8-9-10-11-12-13-20-32-26-15-14-24(21-25(26)28)27(31)29-22-23-16-18-30(4-2)19-17-23;/h14-19,21H,3-13,20,22H2,1-2H3;1H. The molecule has 0 aliphatic heterocycles. The van der Waals surface area contributed by atoms with Crippen LogP contribution in [0.3, 0.4) is 0 Å². The van der Waals surface area contributed by atoms with E-state index in [1.807, 2.05) is 24.5 Å². The van der Waals surface area contributed by atoms with Crippen LogP contribution in [0.5, 0.6) is 5.75 Å². The third-order valence-electron chi connectivity index (χ3n) is 5.73. The van der Waals surface area contributed by atoms with Crippen molar-refractivity contribution in [3.63, 3.8) is 0 Å². The van der Waals surface area contributed by atoms with E-state index in [-0.39, 0.29) is 29.9 Å². The number of halogens is 2. The van der Waals surface area contributed by atoms with Gasteiger partial charge in [-0.25, -0.2) is 4.57 Å². The summed E-state index contributed by atoms with van der Waals surface area (Å²) >= 11 is 6.35. The average molecular weight is 587 g/mol. The minimum atomic E-state index is -0.139. The van der Waals surface area contributed by atoms with Crippen molar-refractivity contribution in [2.45, 2.75) is 91.1 Å². The fourth-order valence-electron chi connectivity index (χ4n) is 3.63. The molecule has 2 rings (SSSR count). The molecular formula is C27H40ClIN2O2. The first-order valence-electron chi connectivity index (χ1n) is 12.3. The number of nitrogens with one attached hydrogen (secondary N) is 1. The number of aryl methyl sites for hydroxylation is 1. The van der Waals surface area contributed by atoms with Gasteiger partial charge in [-0.15, -0.1) is 0 Å². The van der Waals surface area contributed by atoms with Gasteiger partial charge in [0.25, 0.3) is 5.91 Å². The number of carbonyl (C=O) groups is 1. The maximum Gasteiger partial charge on any atom is 0.251 e. The Morgan fingerprint density at radius 2 is 1.52 bits per heavy atom. The molecule has 1 heterocycles. The minimum Gasteiger partial charge on any atom is -1.00 e. The second-order valence-corrected chi connectivity index (χ2v) is 8.80. The van der Waals surface area contributed by atoms with E-state index in [0.29, 0.717) is 29.5 Å². The van der Waals surface area contributed by atoms with Crippen LogP contribution in [0.4, 0.5) is 0 Å². The molecule has 33 heavy (non-hydrogen) atoms. The summed E-state index contributed by atoms with van der Waals surface area (Å²) in [4.78, 5) is 12.4. The van der Waals surface area contributed by atoms with Gasteiger partial charge in [0.05, 0.1) is 11.6 Å². The molecule has 184 valence electrons. The molecule has 0 spiro atoms. The number of unbranched alkanes of at least 4 members (excludes halogenated alkanes) is 9. The molecule has 0 atom stereocenters. The summed E-state index contributed by atoms with van der Waals surface area (Å²) in [6.07, 6.45) is 17.0. The first kappa shape index (κ1) is 29.7. The summed E-state index contributed by atoms with van der Waals surface area (Å²) in [7, 11) is 0. The topological polar surface area (TPSA) is 42.2 Å². The zero-order valence-corrected chi connectivity index (χ0v) is 23.2. The Bertz CT molecular complexity index is 799. The monoisotopic (exact) mass is 586 g/mol. The zero-order chi connectivity index (χ0) is 23.0. The average Bonchev–Trinajstić information content (AvgIpc) is 2.82. The number of benzene rings is 1. The van der Waals surface area contributed by atoms with Crippen LogP contribution in [-0.2, 0) is 13.1 Å². The summed E-state index contributed by atoms with van der Waals surface area (Å²) in [6, 6.07) is 9.27. The van der Waals surface area contributed by atoms with E-state index >= 15 is 0 Å². The molecule has 0 bridgehead atoms. The maximum atomic E-state index is 12.4. The van der Waals surface area contributed by atoms with Gasteiger partial charge in [-0.3, -0.25) is 4.79 Å². The predicted molar refractivity (Wildman–Crippen MR) is 132 cm³/mol. The Balaban J connectivity index is 0.00000544. The Kier molecular flexibility index (Phi) is 16.2. The molecule has 1 amide bonds. The quantitative estimate of drug-likeness (QED) is 0.184. The second-order valence-electron chi connectivity index (χ2n) is 8.40. The van der Waals surface area contributed by atoms with Crippen molar-refractivity contribution in [2.24, 2.45) is 0 Å². The molecule has 0 saturated heterocycles. The molecule has 0 aliphatic rings. The lowest BCUT2D eigenvalue weighted by atomic mass is 10.1. The van der Waals surface area contributed by atoms with Crippen LogP contribution in [-0.4, -0.2) is 12.5 Å². The van der Waals surface area contributed by atoms with Gasteiger partial charge in [0, 0.05) is 24.2 Å². The molecule has 0 saturated carbocycles. The minimum absolute atomic E-state index is 0. The first-order chi connectivity index (χ1) is 15.6. The number of ether oxygens (including phenoxy) is 1.